The van der Waals surface area contributed by atoms with Crippen molar-refractivity contribution < 1.29 is 29.3 Å². The zero-order valence-electron chi connectivity index (χ0n) is 23.7. The second kappa shape index (κ2) is 11.1. The van der Waals surface area contributed by atoms with Gasteiger partial charge in [-0.3, -0.25) is 19.2 Å². The summed E-state index contributed by atoms with van der Waals surface area (Å²) < 4.78 is 8.55. The first kappa shape index (κ1) is 29.1. The molecular formula is C29H37N5O6Si. The Kier molecular flexibility index (Phi) is 7.87. The van der Waals surface area contributed by atoms with E-state index in [1.807, 2.05) is 50.3 Å². The third kappa shape index (κ3) is 5.21. The van der Waals surface area contributed by atoms with Crippen LogP contribution in [0.15, 0.2) is 54.7 Å². The van der Waals surface area contributed by atoms with E-state index in [1.165, 1.54) is 6.92 Å². The number of nitrogens with one attached hydrogen (secondary N) is 1. The molecule has 4 N–H and O–H groups in total. The van der Waals surface area contributed by atoms with Gasteiger partial charge in [-0.15, -0.1) is 5.10 Å². The molecule has 2 aliphatic heterocycles. The Morgan fingerprint density at radius 3 is 2.61 bits per heavy atom. The monoisotopic (exact) mass is 579 g/mol. The average Bonchev–Trinajstić information content (AvgIpc) is 3.57. The normalized spacial score (nSPS) is 24.6. The minimum absolute atomic E-state index is 0.0179. The van der Waals surface area contributed by atoms with Gasteiger partial charge in [-0.05, 0) is 56.8 Å². The van der Waals surface area contributed by atoms with Crippen molar-refractivity contribution in [3.63, 3.8) is 0 Å². The molecule has 0 aliphatic carbocycles. The Morgan fingerprint density at radius 2 is 1.95 bits per heavy atom. The number of nitrogens with zero attached hydrogens (tertiary/aromatic N) is 4. The number of hydrogen-bond acceptors (Lipinski definition) is 8. The van der Waals surface area contributed by atoms with E-state index in [0.717, 1.165) is 0 Å². The van der Waals surface area contributed by atoms with Crippen LogP contribution < -0.4 is 10.2 Å². The third-order valence-corrected chi connectivity index (χ3v) is 10.7. The summed E-state index contributed by atoms with van der Waals surface area (Å²) in [5, 5.41) is 29.9. The number of aliphatic hydroxyl groups excluding tert-OH is 2. The lowest BCUT2D eigenvalue weighted by atomic mass is 9.82. The number of aliphatic hydroxyl groups is 2. The number of carbonyl (C=O) groups is 2. The van der Waals surface area contributed by atoms with Crippen molar-refractivity contribution in [1.82, 2.24) is 15.0 Å². The first-order valence-electron chi connectivity index (χ1n) is 13.9. The summed E-state index contributed by atoms with van der Waals surface area (Å²) in [6.07, 6.45) is 1.03. The fourth-order valence-corrected chi connectivity index (χ4v) is 8.97. The molecule has 1 fully saturated rings. The SMILES string of the molecule is C[C@H](O)C(=O)Nc1ccc2c(c1)[C@@]1(O[C@H](CCn3cc(CCO)nn3)[C@@H]([Si](C)(C)O)[C@@H]1C)C(=O)N2c1ccccc1. The van der Waals surface area contributed by atoms with Crippen LogP contribution in [0.1, 0.15) is 31.5 Å². The number of amides is 2. The molecule has 0 unspecified atom stereocenters. The zero-order chi connectivity index (χ0) is 29.5. The lowest BCUT2D eigenvalue weighted by molar-refractivity contribution is -0.145. The van der Waals surface area contributed by atoms with Crippen molar-refractivity contribution in [2.75, 3.05) is 16.8 Å². The lowest BCUT2D eigenvalue weighted by Gasteiger charge is -2.32. The van der Waals surface area contributed by atoms with Crippen LogP contribution >= 0.6 is 0 Å². The standard InChI is InChI=1S/C29H37N5O6Si/c1-18-26(41(3,4)39)25(12-14-33-17-21(13-15-35)31-32-33)40-29(18)23-16-20(30-27(37)19(2)36)10-11-24(23)34(28(29)38)22-8-6-5-7-9-22/h5-11,16-19,25-26,35-36,39H,12-15H2,1-4H3,(H,30,37)/t18-,19-,25+,26-,29+/m0/s1. The van der Waals surface area contributed by atoms with Crippen LogP contribution in [0.25, 0.3) is 0 Å². The van der Waals surface area contributed by atoms with Gasteiger partial charge >= 0.3 is 0 Å². The highest BCUT2D eigenvalue weighted by Gasteiger charge is 2.66. The highest BCUT2D eigenvalue weighted by atomic mass is 28.4. The second-order valence-corrected chi connectivity index (χ2v) is 15.4. The number of hydrogen-bond donors (Lipinski definition) is 4. The summed E-state index contributed by atoms with van der Waals surface area (Å²) in [5.41, 5.74) is 1.38. The first-order chi connectivity index (χ1) is 19.5. The van der Waals surface area contributed by atoms with Gasteiger partial charge in [0, 0.05) is 54.2 Å². The average molecular weight is 580 g/mol. The van der Waals surface area contributed by atoms with Gasteiger partial charge < -0.3 is 25.1 Å². The van der Waals surface area contributed by atoms with Gasteiger partial charge in [0.2, 0.25) is 0 Å². The van der Waals surface area contributed by atoms with Gasteiger partial charge in [-0.1, -0.05) is 30.3 Å². The molecule has 3 heterocycles. The topological polar surface area (TPSA) is 150 Å². The van der Waals surface area contributed by atoms with Crippen LogP contribution in [0, 0.1) is 5.92 Å². The lowest BCUT2D eigenvalue weighted by Crippen LogP contribution is -2.45. The van der Waals surface area contributed by atoms with E-state index in [1.54, 1.807) is 34.0 Å². The molecule has 11 nitrogen and oxygen atoms in total. The molecule has 1 aromatic heterocycles. The number of aromatic nitrogens is 3. The number of para-hydroxylation sites is 1. The molecule has 5 atom stereocenters. The summed E-state index contributed by atoms with van der Waals surface area (Å²) in [6.45, 7) is 7.52. The van der Waals surface area contributed by atoms with Gasteiger partial charge in [0.15, 0.2) is 13.9 Å². The molecule has 5 rings (SSSR count). The Hall–Kier alpha value is -3.42. The molecule has 2 amide bonds. The minimum atomic E-state index is -2.87. The molecule has 0 bridgehead atoms. The Balaban J connectivity index is 1.57. The van der Waals surface area contributed by atoms with Crippen LogP contribution in [0.2, 0.25) is 18.6 Å². The molecule has 2 aliphatic rings. The van der Waals surface area contributed by atoms with E-state index in [2.05, 4.69) is 15.6 Å². The summed E-state index contributed by atoms with van der Waals surface area (Å²) in [4.78, 5) is 40.0. The van der Waals surface area contributed by atoms with Crippen LogP contribution in [0.3, 0.4) is 0 Å². The van der Waals surface area contributed by atoms with E-state index in [4.69, 9.17) is 4.74 Å². The third-order valence-electron chi connectivity index (χ3n) is 8.15. The van der Waals surface area contributed by atoms with Crippen molar-refractivity contribution in [2.24, 2.45) is 5.92 Å². The van der Waals surface area contributed by atoms with E-state index < -0.39 is 32.0 Å². The fourth-order valence-electron chi connectivity index (χ4n) is 6.37. The predicted octanol–water partition coefficient (Wildman–Crippen LogP) is 2.70. The molecule has 1 saturated heterocycles. The molecule has 0 saturated carbocycles. The van der Waals surface area contributed by atoms with Crippen LogP contribution in [-0.2, 0) is 32.9 Å². The van der Waals surface area contributed by atoms with E-state index in [9.17, 15) is 24.6 Å². The summed E-state index contributed by atoms with van der Waals surface area (Å²) in [7, 11) is -2.87. The van der Waals surface area contributed by atoms with Gasteiger partial charge in [-0.2, -0.15) is 0 Å². The smallest absolute Gasteiger partial charge is 0.268 e. The second-order valence-electron chi connectivity index (χ2n) is 11.5. The van der Waals surface area contributed by atoms with Crippen LogP contribution in [0.5, 0.6) is 0 Å². The maximum absolute atomic E-state index is 14.6. The molecule has 2 aromatic carbocycles. The first-order valence-corrected chi connectivity index (χ1v) is 16.9. The Bertz CT molecular complexity index is 1420. The molecule has 218 valence electrons. The van der Waals surface area contributed by atoms with E-state index in [-0.39, 0.29) is 24.0 Å². The van der Waals surface area contributed by atoms with Gasteiger partial charge in [0.1, 0.15) is 6.10 Å². The number of carbonyl (C=O) groups excluding carboxylic acids is 2. The van der Waals surface area contributed by atoms with E-state index >= 15 is 0 Å². The van der Waals surface area contributed by atoms with E-state index in [0.29, 0.717) is 47.7 Å². The number of fused-ring (bicyclic) bond motifs is 2. The molecule has 12 heteroatoms. The molecule has 0 radical (unpaired) electrons. The quantitative estimate of drug-likeness (QED) is 0.283. The summed E-state index contributed by atoms with van der Waals surface area (Å²) >= 11 is 0. The predicted molar refractivity (Wildman–Crippen MR) is 155 cm³/mol. The molecule has 1 spiro atoms. The van der Waals surface area contributed by atoms with Crippen LogP contribution in [0.4, 0.5) is 17.1 Å². The van der Waals surface area contributed by atoms with Gasteiger partial charge in [-0.25, -0.2) is 0 Å². The Labute approximate surface area is 239 Å². The van der Waals surface area contributed by atoms with Gasteiger partial charge in [0.25, 0.3) is 11.8 Å². The van der Waals surface area contributed by atoms with Crippen molar-refractivity contribution in [3.8, 4) is 0 Å². The number of ether oxygens (including phenoxy) is 1. The van der Waals surface area contributed by atoms with Crippen molar-refractivity contribution in [1.29, 1.82) is 0 Å². The zero-order valence-corrected chi connectivity index (χ0v) is 24.7. The summed E-state index contributed by atoms with van der Waals surface area (Å²) in [5.74, 6) is -1.19. The molecule has 3 aromatic rings. The number of anilines is 3. The van der Waals surface area contributed by atoms with Crippen LogP contribution in [-0.4, -0.2) is 68.9 Å². The maximum Gasteiger partial charge on any atom is 0.268 e. The Morgan fingerprint density at radius 1 is 1.22 bits per heavy atom. The minimum Gasteiger partial charge on any atom is -0.432 e. The molecule has 41 heavy (non-hydrogen) atoms. The largest absolute Gasteiger partial charge is 0.432 e. The number of rotatable bonds is 9. The summed E-state index contributed by atoms with van der Waals surface area (Å²) in [6, 6.07) is 14.6. The van der Waals surface area contributed by atoms with Crippen molar-refractivity contribution in [3.05, 3.63) is 66.0 Å². The maximum atomic E-state index is 14.6. The highest BCUT2D eigenvalue weighted by molar-refractivity contribution is 6.71. The van der Waals surface area contributed by atoms with Crippen molar-refractivity contribution >= 4 is 37.2 Å². The van der Waals surface area contributed by atoms with Crippen molar-refractivity contribution in [2.45, 2.75) is 69.7 Å². The van der Waals surface area contributed by atoms with Gasteiger partial charge in [0.05, 0.1) is 17.5 Å². The number of aryl methyl sites for hydroxylation is 1. The highest BCUT2D eigenvalue weighted by Crippen LogP contribution is 2.61. The fraction of sp³-hybridized carbons (Fsp3) is 0.448. The number of benzene rings is 2. The molecular weight excluding hydrogens is 542 g/mol.